The summed E-state index contributed by atoms with van der Waals surface area (Å²) in [6, 6.07) is 10.8. The van der Waals surface area contributed by atoms with E-state index in [1.54, 1.807) is 0 Å². The smallest absolute Gasteiger partial charge is 0.0468 e. The van der Waals surface area contributed by atoms with Gasteiger partial charge in [0.05, 0.1) is 0 Å². The van der Waals surface area contributed by atoms with E-state index in [9.17, 15) is 0 Å². The van der Waals surface area contributed by atoms with Crippen LogP contribution in [-0.4, -0.2) is 19.1 Å². The van der Waals surface area contributed by atoms with Crippen molar-refractivity contribution in [3.63, 3.8) is 0 Å². The first-order valence-corrected chi connectivity index (χ1v) is 7.53. The third-order valence-corrected chi connectivity index (χ3v) is 4.85. The van der Waals surface area contributed by atoms with E-state index in [-0.39, 0.29) is 5.41 Å². The molecule has 0 aliphatic carbocycles. The molecule has 100 valence electrons. The zero-order chi connectivity index (χ0) is 12.8. The van der Waals surface area contributed by atoms with Crippen molar-refractivity contribution in [1.29, 1.82) is 0 Å². The Hall–Kier alpha value is -0.530. The summed E-state index contributed by atoms with van der Waals surface area (Å²) in [6.07, 6.45) is 4.68. The van der Waals surface area contributed by atoms with Crippen molar-refractivity contribution in [2.24, 2.45) is 5.92 Å². The standard InChI is InChI=1S/C16H23ClO/c1-2-16(13-17,15-6-4-3-5-7-15)12-14-8-10-18-11-9-14/h3-7,14H,2,8-13H2,1H3. The Morgan fingerprint density at radius 3 is 2.44 bits per heavy atom. The average Bonchev–Trinajstić information content (AvgIpc) is 2.47. The largest absolute Gasteiger partial charge is 0.381 e. The van der Waals surface area contributed by atoms with Gasteiger partial charge in [0, 0.05) is 24.5 Å². The van der Waals surface area contributed by atoms with Crippen LogP contribution < -0.4 is 0 Å². The average molecular weight is 267 g/mol. The highest BCUT2D eigenvalue weighted by molar-refractivity contribution is 6.18. The Morgan fingerprint density at radius 1 is 1.22 bits per heavy atom. The van der Waals surface area contributed by atoms with Gasteiger partial charge in [-0.25, -0.2) is 0 Å². The molecule has 0 bridgehead atoms. The minimum absolute atomic E-state index is 0.144. The molecule has 0 aromatic heterocycles. The summed E-state index contributed by atoms with van der Waals surface area (Å²) in [6.45, 7) is 4.10. The van der Waals surface area contributed by atoms with Gasteiger partial charge in [-0.05, 0) is 37.2 Å². The zero-order valence-electron chi connectivity index (χ0n) is 11.2. The van der Waals surface area contributed by atoms with Crippen molar-refractivity contribution in [3.05, 3.63) is 35.9 Å². The van der Waals surface area contributed by atoms with Crippen LogP contribution >= 0.6 is 11.6 Å². The summed E-state index contributed by atoms with van der Waals surface area (Å²) in [5.41, 5.74) is 1.54. The predicted molar refractivity (Wildman–Crippen MR) is 77.3 cm³/mol. The van der Waals surface area contributed by atoms with E-state index in [0.717, 1.165) is 25.6 Å². The van der Waals surface area contributed by atoms with Gasteiger partial charge in [-0.15, -0.1) is 11.6 Å². The van der Waals surface area contributed by atoms with Crippen LogP contribution in [0.25, 0.3) is 0 Å². The van der Waals surface area contributed by atoms with Gasteiger partial charge in [0.15, 0.2) is 0 Å². The fourth-order valence-electron chi connectivity index (χ4n) is 2.99. The number of benzene rings is 1. The fraction of sp³-hybridized carbons (Fsp3) is 0.625. The van der Waals surface area contributed by atoms with E-state index in [1.165, 1.54) is 24.8 Å². The van der Waals surface area contributed by atoms with E-state index in [1.807, 2.05) is 0 Å². The van der Waals surface area contributed by atoms with Crippen LogP contribution in [0, 0.1) is 5.92 Å². The van der Waals surface area contributed by atoms with Crippen molar-refractivity contribution < 1.29 is 4.74 Å². The quantitative estimate of drug-likeness (QED) is 0.718. The lowest BCUT2D eigenvalue weighted by atomic mass is 9.72. The Labute approximate surface area is 115 Å². The number of hydrogen-bond donors (Lipinski definition) is 0. The molecule has 0 saturated carbocycles. The number of hydrogen-bond acceptors (Lipinski definition) is 1. The molecule has 18 heavy (non-hydrogen) atoms. The summed E-state index contributed by atoms with van der Waals surface area (Å²) in [5.74, 6) is 1.47. The van der Waals surface area contributed by atoms with Gasteiger partial charge >= 0.3 is 0 Å². The van der Waals surface area contributed by atoms with Crippen LogP contribution in [-0.2, 0) is 10.2 Å². The van der Waals surface area contributed by atoms with Crippen LogP contribution in [0.5, 0.6) is 0 Å². The first kappa shape index (κ1) is 13.9. The van der Waals surface area contributed by atoms with Gasteiger partial charge in [-0.3, -0.25) is 0 Å². The molecular formula is C16H23ClO. The Balaban J connectivity index is 2.15. The van der Waals surface area contributed by atoms with E-state index < -0.39 is 0 Å². The molecule has 1 aromatic rings. The minimum atomic E-state index is 0.144. The second-order valence-corrected chi connectivity index (χ2v) is 5.66. The van der Waals surface area contributed by atoms with Gasteiger partial charge in [-0.2, -0.15) is 0 Å². The maximum atomic E-state index is 6.35. The minimum Gasteiger partial charge on any atom is -0.381 e. The lowest BCUT2D eigenvalue weighted by Crippen LogP contribution is -2.32. The van der Waals surface area contributed by atoms with Gasteiger partial charge < -0.3 is 4.74 Å². The molecule has 1 aromatic carbocycles. The van der Waals surface area contributed by atoms with Crippen LogP contribution in [0.2, 0.25) is 0 Å². The summed E-state index contributed by atoms with van der Waals surface area (Å²) in [4.78, 5) is 0. The molecule has 0 N–H and O–H groups in total. The second kappa shape index (κ2) is 6.58. The summed E-state index contributed by atoms with van der Waals surface area (Å²) in [7, 11) is 0. The van der Waals surface area contributed by atoms with E-state index >= 15 is 0 Å². The fourth-order valence-corrected chi connectivity index (χ4v) is 3.44. The maximum absolute atomic E-state index is 6.35. The molecule has 1 saturated heterocycles. The molecule has 1 nitrogen and oxygen atoms in total. The lowest BCUT2D eigenvalue weighted by Gasteiger charge is -2.36. The molecule has 2 rings (SSSR count). The van der Waals surface area contributed by atoms with Gasteiger partial charge in [0.2, 0.25) is 0 Å². The van der Waals surface area contributed by atoms with Crippen molar-refractivity contribution in [1.82, 2.24) is 0 Å². The van der Waals surface area contributed by atoms with Crippen molar-refractivity contribution in [3.8, 4) is 0 Å². The van der Waals surface area contributed by atoms with E-state index in [4.69, 9.17) is 16.3 Å². The first-order valence-electron chi connectivity index (χ1n) is 7.00. The van der Waals surface area contributed by atoms with E-state index in [2.05, 4.69) is 37.3 Å². The molecule has 0 amide bonds. The summed E-state index contributed by atoms with van der Waals surface area (Å²) < 4.78 is 5.45. The van der Waals surface area contributed by atoms with Gasteiger partial charge in [-0.1, -0.05) is 37.3 Å². The molecule has 2 heteroatoms. The van der Waals surface area contributed by atoms with Crippen LogP contribution in [0.1, 0.15) is 38.2 Å². The van der Waals surface area contributed by atoms with E-state index in [0.29, 0.717) is 5.88 Å². The predicted octanol–water partition coefficient (Wildman–Crippen LogP) is 4.39. The molecule has 1 unspecified atom stereocenters. The SMILES string of the molecule is CCC(CCl)(CC1CCOCC1)c1ccccc1. The van der Waals surface area contributed by atoms with Crippen LogP contribution in [0.15, 0.2) is 30.3 Å². The zero-order valence-corrected chi connectivity index (χ0v) is 12.0. The third kappa shape index (κ3) is 3.07. The van der Waals surface area contributed by atoms with Gasteiger partial charge in [0.25, 0.3) is 0 Å². The highest BCUT2D eigenvalue weighted by atomic mass is 35.5. The number of ether oxygens (including phenoxy) is 1. The third-order valence-electron chi connectivity index (χ3n) is 4.34. The molecule has 0 radical (unpaired) electrons. The molecule has 0 spiro atoms. The molecule has 1 fully saturated rings. The van der Waals surface area contributed by atoms with Crippen LogP contribution in [0.3, 0.4) is 0 Å². The van der Waals surface area contributed by atoms with Gasteiger partial charge in [0.1, 0.15) is 0 Å². The Morgan fingerprint density at radius 2 is 1.89 bits per heavy atom. The van der Waals surface area contributed by atoms with Crippen molar-refractivity contribution in [2.45, 2.75) is 38.0 Å². The Kier molecular flexibility index (Phi) is 5.08. The molecular weight excluding hydrogens is 244 g/mol. The van der Waals surface area contributed by atoms with Crippen molar-refractivity contribution >= 4 is 11.6 Å². The number of alkyl halides is 1. The Bertz CT molecular complexity index is 339. The maximum Gasteiger partial charge on any atom is 0.0468 e. The molecule has 1 atom stereocenters. The number of halogens is 1. The number of rotatable bonds is 5. The van der Waals surface area contributed by atoms with Crippen molar-refractivity contribution in [2.75, 3.05) is 19.1 Å². The summed E-state index contributed by atoms with van der Waals surface area (Å²) >= 11 is 6.35. The summed E-state index contributed by atoms with van der Waals surface area (Å²) in [5, 5.41) is 0. The molecule has 1 heterocycles. The second-order valence-electron chi connectivity index (χ2n) is 5.39. The molecule has 1 aliphatic rings. The first-order chi connectivity index (χ1) is 8.80. The highest BCUT2D eigenvalue weighted by Crippen LogP contribution is 2.38. The molecule has 1 aliphatic heterocycles. The topological polar surface area (TPSA) is 9.23 Å². The van der Waals surface area contributed by atoms with Crippen LogP contribution in [0.4, 0.5) is 0 Å². The highest BCUT2D eigenvalue weighted by Gasteiger charge is 2.32. The lowest BCUT2D eigenvalue weighted by molar-refractivity contribution is 0.0565. The monoisotopic (exact) mass is 266 g/mol. The normalized spacial score (nSPS) is 20.6.